The van der Waals surface area contributed by atoms with Crippen molar-refractivity contribution in [2.24, 2.45) is 0 Å². The number of benzene rings is 1. The number of aromatic hydroxyl groups is 1. The molecule has 1 N–H and O–H groups in total. The molecule has 1 aromatic rings. The third-order valence-corrected chi connectivity index (χ3v) is 1.90. The van der Waals surface area contributed by atoms with Gasteiger partial charge in [-0.25, -0.2) is 4.39 Å². The van der Waals surface area contributed by atoms with Crippen LogP contribution in [-0.4, -0.2) is 10.9 Å². The van der Waals surface area contributed by atoms with Crippen LogP contribution in [0.4, 0.5) is 4.39 Å². The first-order valence-electron chi connectivity index (χ1n) is 4.08. The summed E-state index contributed by atoms with van der Waals surface area (Å²) in [5, 5.41) is 9.33. The normalized spacial score (nSPS) is 10.1. The number of carbonyl (C=O) groups excluding carboxylic acids is 1. The number of phenolic OH excluding ortho intramolecular Hbond substituents is 1. The largest absolute Gasteiger partial charge is 0.507 e. The van der Waals surface area contributed by atoms with Crippen LogP contribution in [0, 0.1) is 12.7 Å². The molecule has 0 bridgehead atoms. The topological polar surface area (TPSA) is 37.3 Å². The van der Waals surface area contributed by atoms with E-state index in [1.807, 2.05) is 0 Å². The summed E-state index contributed by atoms with van der Waals surface area (Å²) >= 11 is 0. The third kappa shape index (κ3) is 1.86. The molecule has 70 valence electrons. The van der Waals surface area contributed by atoms with E-state index in [0.717, 1.165) is 6.07 Å². The highest BCUT2D eigenvalue weighted by Gasteiger charge is 2.11. The van der Waals surface area contributed by atoms with Gasteiger partial charge in [-0.3, -0.25) is 4.79 Å². The van der Waals surface area contributed by atoms with Crippen molar-refractivity contribution >= 4 is 5.78 Å². The van der Waals surface area contributed by atoms with E-state index >= 15 is 0 Å². The second-order valence-corrected chi connectivity index (χ2v) is 2.90. The van der Waals surface area contributed by atoms with Crippen LogP contribution >= 0.6 is 0 Å². The van der Waals surface area contributed by atoms with Crippen LogP contribution in [0.3, 0.4) is 0 Å². The molecule has 0 aromatic heterocycles. The van der Waals surface area contributed by atoms with Crippen LogP contribution in [0.25, 0.3) is 0 Å². The first kappa shape index (κ1) is 9.71. The Kier molecular flexibility index (Phi) is 2.66. The predicted octanol–water partition coefficient (Wildman–Crippen LogP) is 2.43. The molecule has 0 atom stereocenters. The molecular weight excluding hydrogens is 171 g/mol. The monoisotopic (exact) mass is 182 g/mol. The van der Waals surface area contributed by atoms with Gasteiger partial charge in [0, 0.05) is 6.42 Å². The molecule has 0 saturated carbocycles. The maximum atomic E-state index is 13.0. The highest BCUT2D eigenvalue weighted by Crippen LogP contribution is 2.22. The maximum Gasteiger partial charge on any atom is 0.166 e. The first-order valence-corrected chi connectivity index (χ1v) is 4.08. The lowest BCUT2D eigenvalue weighted by molar-refractivity contribution is 0.0985. The van der Waals surface area contributed by atoms with E-state index in [4.69, 9.17) is 0 Å². The molecular formula is C10H11FO2. The van der Waals surface area contributed by atoms with Crippen LogP contribution in [0.2, 0.25) is 0 Å². The van der Waals surface area contributed by atoms with Gasteiger partial charge in [0.1, 0.15) is 11.6 Å². The van der Waals surface area contributed by atoms with Crippen molar-refractivity contribution in [3.05, 3.63) is 29.1 Å². The highest BCUT2D eigenvalue weighted by molar-refractivity contribution is 5.98. The fourth-order valence-corrected chi connectivity index (χ4v) is 1.08. The van der Waals surface area contributed by atoms with Crippen molar-refractivity contribution < 1.29 is 14.3 Å². The molecule has 0 aliphatic carbocycles. The summed E-state index contributed by atoms with van der Waals surface area (Å²) in [6, 6.07) is 2.34. The van der Waals surface area contributed by atoms with Gasteiger partial charge in [-0.05, 0) is 24.6 Å². The van der Waals surface area contributed by atoms with Gasteiger partial charge in [0.15, 0.2) is 5.78 Å². The number of carbonyl (C=O) groups is 1. The Balaban J connectivity index is 3.23. The third-order valence-electron chi connectivity index (χ3n) is 1.90. The van der Waals surface area contributed by atoms with Gasteiger partial charge >= 0.3 is 0 Å². The molecule has 3 heteroatoms. The zero-order valence-corrected chi connectivity index (χ0v) is 7.60. The van der Waals surface area contributed by atoms with Gasteiger partial charge in [0.25, 0.3) is 0 Å². The number of rotatable bonds is 2. The Morgan fingerprint density at radius 1 is 1.54 bits per heavy atom. The average molecular weight is 182 g/mol. The fourth-order valence-electron chi connectivity index (χ4n) is 1.08. The summed E-state index contributed by atoms with van der Waals surface area (Å²) in [5.74, 6) is -0.864. The van der Waals surface area contributed by atoms with E-state index in [1.165, 1.54) is 13.0 Å². The van der Waals surface area contributed by atoms with Crippen molar-refractivity contribution in [2.45, 2.75) is 20.3 Å². The number of Topliss-reactive ketones (excluding diaryl/α,β-unsaturated/α-hetero) is 1. The van der Waals surface area contributed by atoms with Crippen molar-refractivity contribution in [3.8, 4) is 5.75 Å². The van der Waals surface area contributed by atoms with Crippen molar-refractivity contribution in [1.82, 2.24) is 0 Å². The van der Waals surface area contributed by atoms with Crippen molar-refractivity contribution in [2.75, 3.05) is 0 Å². The van der Waals surface area contributed by atoms with Gasteiger partial charge < -0.3 is 5.11 Å². The molecule has 1 aromatic carbocycles. The minimum atomic E-state index is -0.463. The maximum absolute atomic E-state index is 13.0. The summed E-state index contributed by atoms with van der Waals surface area (Å²) in [4.78, 5) is 11.2. The molecule has 1 rings (SSSR count). The molecule has 0 unspecified atom stereocenters. The van der Waals surface area contributed by atoms with E-state index in [9.17, 15) is 14.3 Å². The van der Waals surface area contributed by atoms with Gasteiger partial charge in [-0.1, -0.05) is 6.92 Å². The predicted molar refractivity (Wildman–Crippen MR) is 47.4 cm³/mol. The van der Waals surface area contributed by atoms with E-state index < -0.39 is 5.82 Å². The van der Waals surface area contributed by atoms with Crippen LogP contribution in [0.15, 0.2) is 12.1 Å². The highest BCUT2D eigenvalue weighted by atomic mass is 19.1. The minimum Gasteiger partial charge on any atom is -0.507 e. The minimum absolute atomic E-state index is 0.0607. The smallest absolute Gasteiger partial charge is 0.166 e. The number of hydrogen-bond donors (Lipinski definition) is 1. The molecule has 0 aliphatic heterocycles. The second-order valence-electron chi connectivity index (χ2n) is 2.90. The number of ketones is 1. The lowest BCUT2D eigenvalue weighted by Crippen LogP contribution is -1.98. The Hall–Kier alpha value is -1.38. The Labute approximate surface area is 76.0 Å². The number of hydrogen-bond acceptors (Lipinski definition) is 2. The average Bonchev–Trinajstić information content (AvgIpc) is 2.10. The molecule has 0 heterocycles. The lowest BCUT2D eigenvalue weighted by Gasteiger charge is -2.03. The standard InChI is InChI=1S/C10H11FO2/c1-3-9(12)7-5-8(11)6(2)4-10(7)13/h4-5,13H,3H2,1-2H3. The van der Waals surface area contributed by atoms with Gasteiger partial charge in [-0.2, -0.15) is 0 Å². The Morgan fingerprint density at radius 3 is 2.69 bits per heavy atom. The molecule has 0 radical (unpaired) electrons. The SMILES string of the molecule is CCC(=O)c1cc(F)c(C)cc1O. The fraction of sp³-hybridized carbons (Fsp3) is 0.300. The summed E-state index contributed by atoms with van der Waals surface area (Å²) in [5.41, 5.74) is 0.399. The number of halogens is 1. The Morgan fingerprint density at radius 2 is 2.15 bits per heavy atom. The van der Waals surface area contributed by atoms with Crippen LogP contribution in [-0.2, 0) is 0 Å². The zero-order chi connectivity index (χ0) is 10.0. The summed E-state index contributed by atoms with van der Waals surface area (Å²) in [6.07, 6.45) is 0.260. The van der Waals surface area contributed by atoms with Crippen LogP contribution < -0.4 is 0 Å². The molecule has 0 fully saturated rings. The van der Waals surface area contributed by atoms with Crippen molar-refractivity contribution in [1.29, 1.82) is 0 Å². The van der Waals surface area contributed by atoms with Gasteiger partial charge in [0.05, 0.1) is 5.56 Å². The molecule has 0 aliphatic rings. The molecule has 0 spiro atoms. The molecule has 0 amide bonds. The van der Waals surface area contributed by atoms with Gasteiger partial charge in [-0.15, -0.1) is 0 Å². The lowest BCUT2D eigenvalue weighted by atomic mass is 10.1. The molecule has 13 heavy (non-hydrogen) atoms. The van der Waals surface area contributed by atoms with Crippen LogP contribution in [0.1, 0.15) is 29.3 Å². The Bertz CT molecular complexity index is 345. The zero-order valence-electron chi connectivity index (χ0n) is 7.60. The van der Waals surface area contributed by atoms with E-state index in [0.29, 0.717) is 5.56 Å². The number of phenols is 1. The summed E-state index contributed by atoms with van der Waals surface area (Å²) in [6.45, 7) is 3.20. The van der Waals surface area contributed by atoms with E-state index in [-0.39, 0.29) is 23.5 Å². The number of aryl methyl sites for hydroxylation is 1. The quantitative estimate of drug-likeness (QED) is 0.713. The summed E-state index contributed by atoms with van der Waals surface area (Å²) in [7, 11) is 0. The van der Waals surface area contributed by atoms with Crippen LogP contribution in [0.5, 0.6) is 5.75 Å². The molecule has 0 saturated heterocycles. The molecule has 2 nitrogen and oxygen atoms in total. The van der Waals surface area contributed by atoms with E-state index in [1.54, 1.807) is 6.92 Å². The first-order chi connectivity index (χ1) is 6.06. The van der Waals surface area contributed by atoms with Gasteiger partial charge in [0.2, 0.25) is 0 Å². The second kappa shape index (κ2) is 3.56. The summed E-state index contributed by atoms with van der Waals surface area (Å²) < 4.78 is 13.0. The van der Waals surface area contributed by atoms with E-state index in [2.05, 4.69) is 0 Å². The van der Waals surface area contributed by atoms with Crippen molar-refractivity contribution in [3.63, 3.8) is 0 Å².